The van der Waals surface area contributed by atoms with Gasteiger partial charge in [0.1, 0.15) is 23.0 Å². The zero-order chi connectivity index (χ0) is 19.4. The number of nitrogens with two attached hydrogens (primary N) is 1. The molecule has 0 saturated heterocycles. The molecule has 3 rings (SSSR count). The standard InChI is InChI=1S/C18H15N5O3S/c1-10(11-2-3-14-15(5-11)26-9-25-14)22-16(24)8-27-18-13(7-20)4-12(6-19)17(21)23-18/h2-5,10H,8-9H2,1H3,(H2,21,23)(H,22,24)/t10-/m1/s1. The van der Waals surface area contributed by atoms with Gasteiger partial charge in [-0.15, -0.1) is 0 Å². The number of hydrogen-bond acceptors (Lipinski definition) is 8. The maximum absolute atomic E-state index is 12.3. The summed E-state index contributed by atoms with van der Waals surface area (Å²) in [6.45, 7) is 2.05. The van der Waals surface area contributed by atoms with Gasteiger partial charge in [0.05, 0.1) is 22.9 Å². The van der Waals surface area contributed by atoms with Crippen LogP contribution < -0.4 is 20.5 Å². The Hall–Kier alpha value is -3.43. The molecular formula is C18H15N5O3S. The van der Waals surface area contributed by atoms with E-state index in [2.05, 4.69) is 10.3 Å². The summed E-state index contributed by atoms with van der Waals surface area (Å²) in [4.78, 5) is 16.3. The number of nitrogen functional groups attached to an aromatic ring is 1. The molecule has 1 atom stereocenters. The van der Waals surface area contributed by atoms with Crippen molar-refractivity contribution in [1.82, 2.24) is 10.3 Å². The Morgan fingerprint density at radius 2 is 2.04 bits per heavy atom. The first-order valence-electron chi connectivity index (χ1n) is 7.94. The number of ether oxygens (including phenoxy) is 2. The van der Waals surface area contributed by atoms with Crippen LogP contribution in [0.25, 0.3) is 0 Å². The number of pyridine rings is 1. The van der Waals surface area contributed by atoms with Gasteiger partial charge in [-0.3, -0.25) is 4.79 Å². The average Bonchev–Trinajstić information content (AvgIpc) is 3.14. The fourth-order valence-corrected chi connectivity index (χ4v) is 3.25. The fraction of sp³-hybridized carbons (Fsp3) is 0.222. The van der Waals surface area contributed by atoms with Gasteiger partial charge in [-0.1, -0.05) is 17.8 Å². The molecule has 1 aromatic heterocycles. The maximum atomic E-state index is 12.3. The van der Waals surface area contributed by atoms with Crippen LogP contribution in [0.5, 0.6) is 11.5 Å². The van der Waals surface area contributed by atoms with E-state index in [9.17, 15) is 10.1 Å². The van der Waals surface area contributed by atoms with Crippen molar-refractivity contribution in [3.05, 3.63) is 41.0 Å². The Balaban J connectivity index is 1.62. The highest BCUT2D eigenvalue weighted by molar-refractivity contribution is 8.00. The van der Waals surface area contributed by atoms with E-state index in [4.69, 9.17) is 20.5 Å². The topological polar surface area (TPSA) is 134 Å². The summed E-state index contributed by atoms with van der Waals surface area (Å²) >= 11 is 1.09. The van der Waals surface area contributed by atoms with Crippen molar-refractivity contribution in [1.29, 1.82) is 10.5 Å². The largest absolute Gasteiger partial charge is 0.454 e. The summed E-state index contributed by atoms with van der Waals surface area (Å²) in [7, 11) is 0. The molecule has 0 fully saturated rings. The predicted octanol–water partition coefficient (Wildman–Crippen LogP) is 2.11. The van der Waals surface area contributed by atoms with Crippen molar-refractivity contribution >= 4 is 23.5 Å². The number of hydrogen-bond donors (Lipinski definition) is 2. The first-order chi connectivity index (χ1) is 13.0. The van der Waals surface area contributed by atoms with Crippen LogP contribution >= 0.6 is 11.8 Å². The molecule has 1 amide bonds. The number of nitrogens with zero attached hydrogens (tertiary/aromatic N) is 3. The third-order valence-corrected chi connectivity index (χ3v) is 4.86. The molecule has 0 spiro atoms. The maximum Gasteiger partial charge on any atom is 0.231 e. The summed E-state index contributed by atoms with van der Waals surface area (Å²) in [5.74, 6) is 1.20. The van der Waals surface area contributed by atoms with Crippen LogP contribution in [0.3, 0.4) is 0 Å². The number of carbonyl (C=O) groups is 1. The number of fused-ring (bicyclic) bond motifs is 1. The third-order valence-electron chi connectivity index (χ3n) is 3.87. The number of aromatic nitrogens is 1. The Morgan fingerprint density at radius 3 is 2.78 bits per heavy atom. The second-order valence-corrected chi connectivity index (χ2v) is 6.65. The summed E-state index contributed by atoms with van der Waals surface area (Å²) in [5, 5.41) is 21.3. The average molecular weight is 381 g/mol. The zero-order valence-electron chi connectivity index (χ0n) is 14.4. The molecule has 2 aromatic rings. The Morgan fingerprint density at radius 1 is 1.30 bits per heavy atom. The molecule has 0 saturated carbocycles. The fourth-order valence-electron chi connectivity index (χ4n) is 2.47. The normalized spacial score (nSPS) is 12.7. The van der Waals surface area contributed by atoms with Crippen LogP contribution in [0.1, 0.15) is 29.7 Å². The molecule has 0 unspecified atom stereocenters. The van der Waals surface area contributed by atoms with Crippen LogP contribution in [0, 0.1) is 22.7 Å². The molecule has 1 aromatic carbocycles. The van der Waals surface area contributed by atoms with Crippen molar-refractivity contribution in [3.63, 3.8) is 0 Å². The first-order valence-corrected chi connectivity index (χ1v) is 8.92. The van der Waals surface area contributed by atoms with Gasteiger partial charge in [0, 0.05) is 0 Å². The highest BCUT2D eigenvalue weighted by Gasteiger charge is 2.18. The summed E-state index contributed by atoms with van der Waals surface area (Å²) in [5.41, 5.74) is 6.92. The van der Waals surface area contributed by atoms with Gasteiger partial charge in [-0.25, -0.2) is 4.98 Å². The van der Waals surface area contributed by atoms with Gasteiger partial charge in [-0.05, 0) is 30.7 Å². The van der Waals surface area contributed by atoms with Crippen LogP contribution in [-0.4, -0.2) is 23.4 Å². The minimum atomic E-state index is -0.234. The van der Waals surface area contributed by atoms with Gasteiger partial charge in [0.25, 0.3) is 0 Å². The van der Waals surface area contributed by atoms with Gasteiger partial charge >= 0.3 is 0 Å². The van der Waals surface area contributed by atoms with Crippen LogP contribution in [0.4, 0.5) is 5.82 Å². The highest BCUT2D eigenvalue weighted by Crippen LogP contribution is 2.34. The van der Waals surface area contributed by atoms with Gasteiger partial charge in [-0.2, -0.15) is 10.5 Å². The SMILES string of the molecule is C[C@@H](NC(=O)CSc1nc(N)c(C#N)cc1C#N)c1ccc2c(c1)OCO2. The number of anilines is 1. The van der Waals surface area contributed by atoms with Crippen molar-refractivity contribution in [3.8, 4) is 23.6 Å². The second kappa shape index (κ2) is 7.85. The predicted molar refractivity (Wildman–Crippen MR) is 97.9 cm³/mol. The lowest BCUT2D eigenvalue weighted by molar-refractivity contribution is -0.119. The molecule has 2 heterocycles. The number of nitrogens with one attached hydrogen (secondary N) is 1. The minimum absolute atomic E-state index is 0.0353. The molecule has 9 heteroatoms. The number of rotatable bonds is 5. The molecule has 0 bridgehead atoms. The summed E-state index contributed by atoms with van der Waals surface area (Å²) in [6.07, 6.45) is 0. The Kier molecular flexibility index (Phi) is 5.34. The van der Waals surface area contributed by atoms with E-state index in [1.165, 1.54) is 6.07 Å². The molecule has 8 nitrogen and oxygen atoms in total. The van der Waals surface area contributed by atoms with E-state index in [1.807, 2.05) is 31.2 Å². The van der Waals surface area contributed by atoms with Crippen LogP contribution in [0.15, 0.2) is 29.3 Å². The smallest absolute Gasteiger partial charge is 0.231 e. The quantitative estimate of drug-likeness (QED) is 0.752. The van der Waals surface area contributed by atoms with E-state index in [0.29, 0.717) is 16.5 Å². The van der Waals surface area contributed by atoms with E-state index < -0.39 is 0 Å². The second-order valence-electron chi connectivity index (χ2n) is 5.69. The third kappa shape index (κ3) is 4.05. The molecule has 3 N–H and O–H groups in total. The molecule has 1 aliphatic heterocycles. The van der Waals surface area contributed by atoms with Crippen molar-refractivity contribution in [2.45, 2.75) is 18.0 Å². The highest BCUT2D eigenvalue weighted by atomic mass is 32.2. The van der Waals surface area contributed by atoms with E-state index in [-0.39, 0.29) is 41.4 Å². The number of benzene rings is 1. The lowest BCUT2D eigenvalue weighted by atomic mass is 10.1. The molecule has 27 heavy (non-hydrogen) atoms. The summed E-state index contributed by atoms with van der Waals surface area (Å²) < 4.78 is 10.6. The number of amides is 1. The molecular weight excluding hydrogens is 366 g/mol. The lowest BCUT2D eigenvalue weighted by Crippen LogP contribution is -2.28. The van der Waals surface area contributed by atoms with Crippen molar-refractivity contribution in [2.75, 3.05) is 18.3 Å². The number of thioether (sulfide) groups is 1. The molecule has 1 aliphatic rings. The Labute approximate surface area is 159 Å². The van der Waals surface area contributed by atoms with E-state index in [0.717, 1.165) is 17.3 Å². The van der Waals surface area contributed by atoms with Gasteiger partial charge in [0.2, 0.25) is 12.7 Å². The van der Waals surface area contributed by atoms with Crippen molar-refractivity contribution in [2.24, 2.45) is 0 Å². The number of nitriles is 2. The molecule has 0 aliphatic carbocycles. The van der Waals surface area contributed by atoms with E-state index in [1.54, 1.807) is 6.07 Å². The molecule has 136 valence electrons. The van der Waals surface area contributed by atoms with Gasteiger partial charge in [0.15, 0.2) is 11.5 Å². The van der Waals surface area contributed by atoms with Gasteiger partial charge < -0.3 is 20.5 Å². The monoisotopic (exact) mass is 381 g/mol. The zero-order valence-corrected chi connectivity index (χ0v) is 15.2. The summed E-state index contributed by atoms with van der Waals surface area (Å²) in [6, 6.07) is 10.5. The van der Waals surface area contributed by atoms with E-state index >= 15 is 0 Å². The van der Waals surface area contributed by atoms with Crippen molar-refractivity contribution < 1.29 is 14.3 Å². The minimum Gasteiger partial charge on any atom is -0.454 e. The van der Waals surface area contributed by atoms with Crippen LogP contribution in [-0.2, 0) is 4.79 Å². The molecule has 0 radical (unpaired) electrons. The first kappa shape index (κ1) is 18.4. The number of carbonyl (C=O) groups excluding carboxylic acids is 1. The Bertz CT molecular complexity index is 980. The lowest BCUT2D eigenvalue weighted by Gasteiger charge is -2.15. The van der Waals surface area contributed by atoms with Crippen LogP contribution in [0.2, 0.25) is 0 Å².